The zero-order valence-electron chi connectivity index (χ0n) is 19.8. The molecule has 4 rings (SSSR count). The first-order chi connectivity index (χ1) is 18.0. The minimum atomic E-state index is -4.47. The van der Waals surface area contributed by atoms with Crippen LogP contribution in [0.4, 0.5) is 23.3 Å². The van der Waals surface area contributed by atoms with Crippen LogP contribution in [0.25, 0.3) is 0 Å². The number of hydrogen-bond donors (Lipinski definition) is 3. The summed E-state index contributed by atoms with van der Waals surface area (Å²) in [6.45, 7) is 2.30. The first kappa shape index (κ1) is 29.4. The number of hydrogen-bond acceptors (Lipinski definition) is 9. The number of aldehydes is 1. The van der Waals surface area contributed by atoms with Gasteiger partial charge in [0, 0.05) is 26.7 Å². The number of benzene rings is 1. The number of anilines is 2. The van der Waals surface area contributed by atoms with Crippen LogP contribution in [0, 0.1) is 0 Å². The molecule has 1 fully saturated rings. The maximum atomic E-state index is 13.1. The summed E-state index contributed by atoms with van der Waals surface area (Å²) in [6, 6.07) is 6.41. The predicted molar refractivity (Wildman–Crippen MR) is 139 cm³/mol. The van der Waals surface area contributed by atoms with Crippen LogP contribution >= 0.6 is 34.5 Å². The molecular formula is C23H22Cl2F3N5O4S. The zero-order valence-corrected chi connectivity index (χ0v) is 22.1. The maximum absolute atomic E-state index is 13.1. The number of nitrogens with one attached hydrogen (secondary N) is 2. The molecule has 3 aromatic rings. The molecule has 1 saturated heterocycles. The number of aromatic hydroxyl groups is 1. The van der Waals surface area contributed by atoms with E-state index in [0.29, 0.717) is 42.7 Å². The van der Waals surface area contributed by atoms with Gasteiger partial charge in [-0.3, -0.25) is 9.59 Å². The molecule has 0 unspecified atom stereocenters. The SMILES string of the molecule is CNc1sc(N2CCOCC2)nc1C(=O)NCc1ccccc1C(F)(F)F.O=Cc1cc(Cl)c(O)c(Cl)n1. The molecule has 1 amide bonds. The fraction of sp³-hybridized carbons (Fsp3) is 0.304. The Morgan fingerprint density at radius 3 is 2.53 bits per heavy atom. The van der Waals surface area contributed by atoms with Crippen molar-refractivity contribution in [3.8, 4) is 5.75 Å². The van der Waals surface area contributed by atoms with Crippen LogP contribution in [0.15, 0.2) is 30.3 Å². The number of morpholine rings is 1. The molecule has 0 atom stereocenters. The lowest BCUT2D eigenvalue weighted by atomic mass is 10.1. The number of nitrogens with zero attached hydrogens (tertiary/aromatic N) is 3. The van der Waals surface area contributed by atoms with Crippen LogP contribution in [-0.2, 0) is 17.5 Å². The lowest BCUT2D eigenvalue weighted by molar-refractivity contribution is -0.138. The van der Waals surface area contributed by atoms with Gasteiger partial charge in [0.25, 0.3) is 5.91 Å². The highest BCUT2D eigenvalue weighted by molar-refractivity contribution is 7.19. The topological polar surface area (TPSA) is 117 Å². The molecule has 204 valence electrons. The van der Waals surface area contributed by atoms with Gasteiger partial charge < -0.3 is 25.4 Å². The van der Waals surface area contributed by atoms with Crippen LogP contribution in [0.5, 0.6) is 5.75 Å². The molecule has 0 saturated carbocycles. The standard InChI is InChI=1S/C17H19F3N4O2S.C6H3Cl2NO2/c1-21-15-13(23-16(27-15)24-6-8-26-9-7-24)14(25)22-10-11-4-2-3-5-12(11)17(18,19)20;7-4-1-3(2-10)9-6(8)5(4)11/h2-5,21H,6-10H2,1H3,(H,22,25);1-2,11H. The summed E-state index contributed by atoms with van der Waals surface area (Å²) in [5, 5.41) is 15.6. The second kappa shape index (κ2) is 13.1. The Labute approximate surface area is 229 Å². The van der Waals surface area contributed by atoms with Crippen LogP contribution in [0.1, 0.15) is 32.1 Å². The molecule has 2 aromatic heterocycles. The van der Waals surface area contributed by atoms with Gasteiger partial charge in [-0.15, -0.1) is 0 Å². The normalized spacial score (nSPS) is 13.4. The summed E-state index contributed by atoms with van der Waals surface area (Å²) in [5.74, 6) is -0.828. The molecule has 9 nitrogen and oxygen atoms in total. The minimum Gasteiger partial charge on any atom is -0.504 e. The number of amides is 1. The Bertz CT molecular complexity index is 1260. The van der Waals surface area contributed by atoms with E-state index in [1.807, 2.05) is 4.90 Å². The zero-order chi connectivity index (χ0) is 27.9. The fourth-order valence-electron chi connectivity index (χ4n) is 3.29. The van der Waals surface area contributed by atoms with Gasteiger partial charge in [-0.2, -0.15) is 13.2 Å². The molecule has 3 heterocycles. The van der Waals surface area contributed by atoms with E-state index in [9.17, 15) is 22.8 Å². The smallest absolute Gasteiger partial charge is 0.416 e. The van der Waals surface area contributed by atoms with Crippen molar-refractivity contribution < 1.29 is 32.6 Å². The van der Waals surface area contributed by atoms with Crippen molar-refractivity contribution in [2.24, 2.45) is 0 Å². The molecular weight excluding hydrogens is 570 g/mol. The van der Waals surface area contributed by atoms with Gasteiger partial charge in [0.15, 0.2) is 28.0 Å². The lowest BCUT2D eigenvalue weighted by Crippen LogP contribution is -2.36. The predicted octanol–water partition coefficient (Wildman–Crippen LogP) is 4.88. The fourth-order valence-corrected chi connectivity index (χ4v) is 4.71. The van der Waals surface area contributed by atoms with Gasteiger partial charge in [0.2, 0.25) is 0 Å². The Kier molecular flexibility index (Phi) is 10.1. The average Bonchev–Trinajstić information content (AvgIpc) is 3.35. The van der Waals surface area contributed by atoms with Crippen LogP contribution in [0.3, 0.4) is 0 Å². The number of ether oxygens (including phenoxy) is 1. The van der Waals surface area contributed by atoms with E-state index in [0.717, 1.165) is 6.07 Å². The van der Waals surface area contributed by atoms with Crippen molar-refractivity contribution in [3.05, 3.63) is 63.0 Å². The maximum Gasteiger partial charge on any atom is 0.416 e. The molecule has 15 heteroatoms. The molecule has 0 bridgehead atoms. The first-order valence-corrected chi connectivity index (χ1v) is 12.6. The van der Waals surface area contributed by atoms with E-state index in [2.05, 4.69) is 20.6 Å². The summed E-state index contributed by atoms with van der Waals surface area (Å²) in [7, 11) is 1.67. The van der Waals surface area contributed by atoms with Gasteiger partial charge in [0.05, 0.1) is 23.8 Å². The summed E-state index contributed by atoms with van der Waals surface area (Å²) in [4.78, 5) is 32.6. The Balaban J connectivity index is 0.000000304. The largest absolute Gasteiger partial charge is 0.504 e. The number of thiazole rings is 1. The summed E-state index contributed by atoms with van der Waals surface area (Å²) < 4.78 is 44.5. The highest BCUT2D eigenvalue weighted by Gasteiger charge is 2.33. The van der Waals surface area contributed by atoms with Crippen molar-refractivity contribution in [1.82, 2.24) is 15.3 Å². The van der Waals surface area contributed by atoms with Gasteiger partial charge in [-0.25, -0.2) is 9.97 Å². The molecule has 1 aromatic carbocycles. The number of alkyl halides is 3. The molecule has 1 aliphatic heterocycles. The third-order valence-electron chi connectivity index (χ3n) is 5.15. The van der Waals surface area contributed by atoms with Crippen molar-refractivity contribution in [2.45, 2.75) is 12.7 Å². The third-order valence-corrected chi connectivity index (χ3v) is 6.83. The van der Waals surface area contributed by atoms with Gasteiger partial charge in [-0.05, 0) is 17.7 Å². The van der Waals surface area contributed by atoms with Crippen molar-refractivity contribution in [1.29, 1.82) is 0 Å². The third kappa shape index (κ3) is 7.47. The Morgan fingerprint density at radius 1 is 1.24 bits per heavy atom. The Hall–Kier alpha value is -3.13. The minimum absolute atomic E-state index is 0.00740. The second-order valence-corrected chi connectivity index (χ2v) is 9.39. The molecule has 0 radical (unpaired) electrons. The quantitative estimate of drug-likeness (QED) is 0.274. The summed E-state index contributed by atoms with van der Waals surface area (Å²) in [6.07, 6.45) is -3.97. The van der Waals surface area contributed by atoms with E-state index in [-0.39, 0.29) is 39.4 Å². The van der Waals surface area contributed by atoms with E-state index < -0.39 is 17.6 Å². The van der Waals surface area contributed by atoms with Gasteiger partial charge >= 0.3 is 6.18 Å². The lowest BCUT2D eigenvalue weighted by Gasteiger charge is -2.25. The van der Waals surface area contributed by atoms with E-state index >= 15 is 0 Å². The molecule has 0 spiro atoms. The summed E-state index contributed by atoms with van der Waals surface area (Å²) >= 11 is 12.2. The molecule has 38 heavy (non-hydrogen) atoms. The highest BCUT2D eigenvalue weighted by Crippen LogP contribution is 2.33. The van der Waals surface area contributed by atoms with Crippen LogP contribution < -0.4 is 15.5 Å². The van der Waals surface area contributed by atoms with E-state index in [1.54, 1.807) is 7.05 Å². The summed E-state index contributed by atoms with van der Waals surface area (Å²) in [5.41, 5.74) is -0.481. The molecule has 1 aliphatic rings. The van der Waals surface area contributed by atoms with Crippen molar-refractivity contribution >= 4 is 56.9 Å². The Morgan fingerprint density at radius 2 is 1.92 bits per heavy atom. The monoisotopic (exact) mass is 591 g/mol. The van der Waals surface area contributed by atoms with Crippen molar-refractivity contribution in [3.63, 3.8) is 0 Å². The number of aromatic nitrogens is 2. The number of rotatable bonds is 6. The number of carbonyl (C=O) groups is 2. The molecule has 3 N–H and O–H groups in total. The van der Waals surface area contributed by atoms with Gasteiger partial charge in [0.1, 0.15) is 10.7 Å². The van der Waals surface area contributed by atoms with Crippen LogP contribution in [-0.4, -0.2) is 60.6 Å². The highest BCUT2D eigenvalue weighted by atomic mass is 35.5. The molecule has 0 aliphatic carbocycles. The van der Waals surface area contributed by atoms with E-state index in [1.165, 1.54) is 35.6 Å². The average molecular weight is 592 g/mol. The van der Waals surface area contributed by atoms with Crippen LogP contribution in [0.2, 0.25) is 10.2 Å². The van der Waals surface area contributed by atoms with Gasteiger partial charge in [-0.1, -0.05) is 52.7 Å². The van der Waals surface area contributed by atoms with Crippen molar-refractivity contribution in [2.75, 3.05) is 43.6 Å². The van der Waals surface area contributed by atoms with E-state index in [4.69, 9.17) is 33.0 Å². The second-order valence-electron chi connectivity index (χ2n) is 7.65. The number of carbonyl (C=O) groups excluding carboxylic acids is 2. The first-order valence-electron chi connectivity index (χ1n) is 11.0. The number of pyridine rings is 1. The number of halogens is 5.